The fraction of sp³-hybridized carbons (Fsp3) is 0.588. The van der Waals surface area contributed by atoms with Crippen LogP contribution in [0, 0.1) is 0 Å². The molecule has 4 nitrogen and oxygen atoms in total. The number of carbonyl (C=O) groups excluding carboxylic acids is 1. The molecule has 0 bridgehead atoms. The van der Waals surface area contributed by atoms with Crippen molar-refractivity contribution in [2.24, 2.45) is 0 Å². The van der Waals surface area contributed by atoms with E-state index in [2.05, 4.69) is 32.2 Å². The van der Waals surface area contributed by atoms with Crippen LogP contribution in [-0.4, -0.2) is 43.1 Å². The van der Waals surface area contributed by atoms with E-state index in [1.54, 1.807) is 7.11 Å². The van der Waals surface area contributed by atoms with Crippen LogP contribution in [0.15, 0.2) is 24.3 Å². The number of ether oxygens (including phenoxy) is 1. The molecule has 2 rings (SSSR count). The third kappa shape index (κ3) is 3.76. The minimum Gasteiger partial charge on any atom is -0.497 e. The molecule has 21 heavy (non-hydrogen) atoms. The molecule has 3 unspecified atom stereocenters. The highest BCUT2D eigenvalue weighted by molar-refractivity contribution is 5.77. The van der Waals surface area contributed by atoms with Crippen LogP contribution in [0.1, 0.15) is 38.7 Å². The average molecular weight is 290 g/mol. The molecule has 0 spiro atoms. The van der Waals surface area contributed by atoms with E-state index in [9.17, 15) is 4.79 Å². The molecule has 1 saturated heterocycles. The first kappa shape index (κ1) is 15.8. The number of methoxy groups -OCH3 is 1. The van der Waals surface area contributed by atoms with Crippen LogP contribution < -0.4 is 10.1 Å². The number of piperazine rings is 1. The van der Waals surface area contributed by atoms with Crippen LogP contribution in [-0.2, 0) is 4.79 Å². The van der Waals surface area contributed by atoms with Gasteiger partial charge in [-0.2, -0.15) is 0 Å². The first-order valence-corrected chi connectivity index (χ1v) is 7.69. The lowest BCUT2D eigenvalue weighted by atomic mass is 9.96. The molecule has 116 valence electrons. The molecule has 0 radical (unpaired) electrons. The van der Waals surface area contributed by atoms with Gasteiger partial charge in [-0.15, -0.1) is 0 Å². The van der Waals surface area contributed by atoms with Gasteiger partial charge in [0.2, 0.25) is 5.91 Å². The second kappa shape index (κ2) is 6.94. The topological polar surface area (TPSA) is 41.6 Å². The Balaban J connectivity index is 2.01. The summed E-state index contributed by atoms with van der Waals surface area (Å²) in [5, 5.41) is 3.41. The minimum atomic E-state index is 0.199. The predicted octanol–water partition coefficient (Wildman–Crippen LogP) is 2.40. The van der Waals surface area contributed by atoms with Crippen molar-refractivity contribution in [1.82, 2.24) is 10.2 Å². The van der Waals surface area contributed by atoms with E-state index in [-0.39, 0.29) is 17.9 Å². The summed E-state index contributed by atoms with van der Waals surface area (Å²) in [6.45, 7) is 8.03. The molecule has 1 aliphatic rings. The zero-order valence-corrected chi connectivity index (χ0v) is 13.4. The van der Waals surface area contributed by atoms with Crippen LogP contribution in [0.5, 0.6) is 5.75 Å². The summed E-state index contributed by atoms with van der Waals surface area (Å²) in [7, 11) is 1.67. The van der Waals surface area contributed by atoms with Crippen molar-refractivity contribution < 1.29 is 9.53 Å². The molecule has 0 saturated carbocycles. The summed E-state index contributed by atoms with van der Waals surface area (Å²) in [4.78, 5) is 14.6. The Labute approximate surface area is 127 Å². The second-order valence-corrected chi connectivity index (χ2v) is 5.95. The number of nitrogens with zero attached hydrogens (tertiary/aromatic N) is 1. The van der Waals surface area contributed by atoms with E-state index in [1.807, 2.05) is 23.1 Å². The Bertz CT molecular complexity index is 489. The highest BCUT2D eigenvalue weighted by atomic mass is 16.5. The number of hydrogen-bond donors (Lipinski definition) is 1. The van der Waals surface area contributed by atoms with Crippen LogP contribution in [0.2, 0.25) is 0 Å². The van der Waals surface area contributed by atoms with Crippen LogP contribution in [0.25, 0.3) is 0 Å². The molecule has 1 amide bonds. The molecule has 1 heterocycles. The van der Waals surface area contributed by atoms with Crippen molar-refractivity contribution in [2.75, 3.05) is 20.2 Å². The zero-order valence-electron chi connectivity index (χ0n) is 13.4. The molecule has 0 aliphatic carbocycles. The van der Waals surface area contributed by atoms with Gasteiger partial charge in [0.05, 0.1) is 7.11 Å². The lowest BCUT2D eigenvalue weighted by Gasteiger charge is -2.39. The largest absolute Gasteiger partial charge is 0.497 e. The Morgan fingerprint density at radius 2 is 2.24 bits per heavy atom. The maximum Gasteiger partial charge on any atom is 0.223 e. The van der Waals surface area contributed by atoms with Gasteiger partial charge in [-0.25, -0.2) is 0 Å². The summed E-state index contributed by atoms with van der Waals surface area (Å²) >= 11 is 0. The smallest absolute Gasteiger partial charge is 0.223 e. The van der Waals surface area contributed by atoms with E-state index in [0.717, 1.165) is 24.4 Å². The van der Waals surface area contributed by atoms with Gasteiger partial charge in [0.15, 0.2) is 0 Å². The maximum absolute atomic E-state index is 12.6. The lowest BCUT2D eigenvalue weighted by molar-refractivity contribution is -0.135. The summed E-state index contributed by atoms with van der Waals surface area (Å²) in [5.41, 5.74) is 1.15. The highest BCUT2D eigenvalue weighted by Gasteiger charge is 2.28. The fourth-order valence-corrected chi connectivity index (χ4v) is 2.85. The summed E-state index contributed by atoms with van der Waals surface area (Å²) in [6, 6.07) is 8.59. The summed E-state index contributed by atoms with van der Waals surface area (Å²) in [5.74, 6) is 1.28. The third-order valence-corrected chi connectivity index (χ3v) is 4.50. The average Bonchev–Trinajstić information content (AvgIpc) is 2.49. The molecular weight excluding hydrogens is 264 g/mol. The number of benzene rings is 1. The molecule has 1 aromatic rings. The van der Waals surface area contributed by atoms with Crippen LogP contribution in [0.3, 0.4) is 0 Å². The number of nitrogens with one attached hydrogen (secondary N) is 1. The maximum atomic E-state index is 12.6. The van der Waals surface area contributed by atoms with Gasteiger partial charge in [0.1, 0.15) is 5.75 Å². The quantitative estimate of drug-likeness (QED) is 0.926. The monoisotopic (exact) mass is 290 g/mol. The first-order chi connectivity index (χ1) is 10.0. The van der Waals surface area contributed by atoms with Crippen molar-refractivity contribution in [3.05, 3.63) is 29.8 Å². The van der Waals surface area contributed by atoms with E-state index in [4.69, 9.17) is 4.74 Å². The Hall–Kier alpha value is -1.55. The number of carbonyl (C=O) groups is 1. The van der Waals surface area contributed by atoms with Crippen molar-refractivity contribution in [1.29, 1.82) is 0 Å². The molecule has 1 aliphatic heterocycles. The number of amides is 1. The molecule has 1 fully saturated rings. The van der Waals surface area contributed by atoms with Crippen molar-refractivity contribution in [3.63, 3.8) is 0 Å². The highest BCUT2D eigenvalue weighted by Crippen LogP contribution is 2.24. The summed E-state index contributed by atoms with van der Waals surface area (Å²) in [6.07, 6.45) is 0.546. The Morgan fingerprint density at radius 1 is 1.48 bits per heavy atom. The van der Waals surface area contributed by atoms with Gasteiger partial charge in [-0.1, -0.05) is 19.1 Å². The van der Waals surface area contributed by atoms with E-state index >= 15 is 0 Å². The van der Waals surface area contributed by atoms with Gasteiger partial charge < -0.3 is 15.0 Å². The Morgan fingerprint density at radius 3 is 2.95 bits per heavy atom. The zero-order chi connectivity index (χ0) is 15.4. The molecule has 1 aromatic carbocycles. The SMILES string of the molecule is COc1cccc(C(C)CC(=O)N2CCNC(C)C2C)c1. The molecule has 3 atom stereocenters. The van der Waals surface area contributed by atoms with E-state index in [1.165, 1.54) is 0 Å². The first-order valence-electron chi connectivity index (χ1n) is 7.69. The van der Waals surface area contributed by atoms with Crippen LogP contribution >= 0.6 is 0 Å². The molecule has 1 N–H and O–H groups in total. The third-order valence-electron chi connectivity index (χ3n) is 4.50. The van der Waals surface area contributed by atoms with Crippen molar-refractivity contribution in [3.8, 4) is 5.75 Å². The summed E-state index contributed by atoms with van der Waals surface area (Å²) < 4.78 is 5.25. The van der Waals surface area contributed by atoms with Gasteiger partial charge in [-0.3, -0.25) is 4.79 Å². The fourth-order valence-electron chi connectivity index (χ4n) is 2.85. The van der Waals surface area contributed by atoms with Gasteiger partial charge in [0.25, 0.3) is 0 Å². The van der Waals surface area contributed by atoms with Crippen molar-refractivity contribution in [2.45, 2.75) is 45.2 Å². The number of rotatable bonds is 4. The van der Waals surface area contributed by atoms with E-state index < -0.39 is 0 Å². The lowest BCUT2D eigenvalue weighted by Crippen LogP contribution is -2.57. The van der Waals surface area contributed by atoms with Gasteiger partial charge in [-0.05, 0) is 37.5 Å². The molecular formula is C17H26N2O2. The standard InChI is InChI=1S/C17H26N2O2/c1-12(15-6-5-7-16(11-15)21-4)10-17(20)19-9-8-18-13(2)14(19)3/h5-7,11-14,18H,8-10H2,1-4H3. The van der Waals surface area contributed by atoms with Gasteiger partial charge in [0, 0.05) is 31.6 Å². The number of hydrogen-bond acceptors (Lipinski definition) is 3. The van der Waals surface area contributed by atoms with Crippen molar-refractivity contribution >= 4 is 5.91 Å². The Kier molecular flexibility index (Phi) is 5.23. The minimum absolute atomic E-state index is 0.199. The van der Waals surface area contributed by atoms with E-state index in [0.29, 0.717) is 12.5 Å². The van der Waals surface area contributed by atoms with Crippen LogP contribution in [0.4, 0.5) is 0 Å². The molecule has 0 aromatic heterocycles. The second-order valence-electron chi connectivity index (χ2n) is 5.95. The normalized spacial score (nSPS) is 23.7. The predicted molar refractivity (Wildman–Crippen MR) is 84.7 cm³/mol. The molecule has 4 heteroatoms. The van der Waals surface area contributed by atoms with Gasteiger partial charge >= 0.3 is 0 Å².